The highest BCUT2D eigenvalue weighted by molar-refractivity contribution is 5.13. The minimum absolute atomic E-state index is 0.525. The van der Waals surface area contributed by atoms with E-state index < -0.39 is 0 Å². The van der Waals surface area contributed by atoms with Crippen molar-refractivity contribution >= 4 is 0 Å². The van der Waals surface area contributed by atoms with Gasteiger partial charge in [-0.05, 0) is 68.6 Å². The van der Waals surface area contributed by atoms with Gasteiger partial charge in [0.2, 0.25) is 0 Å². The second kappa shape index (κ2) is 24.0. The Hall–Kier alpha value is -0.720. The minimum Gasteiger partial charge on any atom is -0.387 e. The number of rotatable bonds is 6. The van der Waals surface area contributed by atoms with Gasteiger partial charge in [-0.2, -0.15) is 0 Å². The molecule has 0 aromatic heterocycles. The van der Waals surface area contributed by atoms with Crippen LogP contribution in [0.1, 0.15) is 151 Å². The maximum absolute atomic E-state index is 4.05. The van der Waals surface area contributed by atoms with E-state index in [1.165, 1.54) is 24.8 Å². The largest absolute Gasteiger partial charge is 0.387 e. The van der Waals surface area contributed by atoms with Crippen LogP contribution in [-0.4, -0.2) is 6.04 Å². The van der Waals surface area contributed by atoms with Crippen molar-refractivity contribution in [2.75, 3.05) is 0 Å². The van der Waals surface area contributed by atoms with E-state index in [4.69, 9.17) is 0 Å². The molecule has 1 heteroatoms. The maximum Gasteiger partial charge on any atom is 0.0201 e. The first-order valence-corrected chi connectivity index (χ1v) is 14.4. The fourth-order valence-electron chi connectivity index (χ4n) is 4.11. The Morgan fingerprint density at radius 3 is 1.29 bits per heavy atom. The molecular weight excluding hydrogens is 410 g/mol. The highest BCUT2D eigenvalue weighted by Gasteiger charge is 2.58. The standard InChI is InChI=1S/C12H22.C7H16.C6H13N.C4H10.2C2H6/c1-7-10-11(12(10,5)6)9(4)8(2)3;1-5-6-7(2,3)4;1-5(2)7-6(3)4;1-4(2)3;2*1-2/h9-11H,2,7H2,1,3-6H3;5-6H2,1-4H3;6-7H,1H2,2-4H3;4H,1-3H3;2*1-2H3. The van der Waals surface area contributed by atoms with Crippen LogP contribution < -0.4 is 5.32 Å². The third-order valence-corrected chi connectivity index (χ3v) is 5.43. The number of hydrogen-bond acceptors (Lipinski definition) is 1. The number of nitrogens with one attached hydrogen (secondary N) is 1. The molecule has 1 aliphatic rings. The third kappa shape index (κ3) is 29.3. The van der Waals surface area contributed by atoms with Gasteiger partial charge >= 0.3 is 0 Å². The summed E-state index contributed by atoms with van der Waals surface area (Å²) >= 11 is 0. The summed E-state index contributed by atoms with van der Waals surface area (Å²) in [6.45, 7) is 49.0. The Kier molecular flexibility index (Phi) is 30.6. The third-order valence-electron chi connectivity index (χ3n) is 5.43. The summed E-state index contributed by atoms with van der Waals surface area (Å²) in [4.78, 5) is 0. The van der Waals surface area contributed by atoms with Gasteiger partial charge in [-0.1, -0.05) is 135 Å². The van der Waals surface area contributed by atoms with Crippen molar-refractivity contribution in [1.82, 2.24) is 5.32 Å². The van der Waals surface area contributed by atoms with Gasteiger partial charge in [0.15, 0.2) is 0 Å². The monoisotopic (exact) mass is 484 g/mol. The molecule has 0 amide bonds. The van der Waals surface area contributed by atoms with E-state index in [2.05, 4.69) is 115 Å². The van der Waals surface area contributed by atoms with Crippen LogP contribution in [0.25, 0.3) is 0 Å². The lowest BCUT2D eigenvalue weighted by atomic mass is 9.91. The molecule has 1 saturated carbocycles. The molecular formula is C33H73N. The van der Waals surface area contributed by atoms with Crippen LogP contribution in [0, 0.1) is 34.5 Å². The Morgan fingerprint density at radius 2 is 1.21 bits per heavy atom. The van der Waals surface area contributed by atoms with Crippen LogP contribution >= 0.6 is 0 Å². The zero-order valence-corrected chi connectivity index (χ0v) is 27.9. The van der Waals surface area contributed by atoms with E-state index in [9.17, 15) is 0 Å². The van der Waals surface area contributed by atoms with E-state index >= 15 is 0 Å². The van der Waals surface area contributed by atoms with Crippen LogP contribution in [0.2, 0.25) is 0 Å². The van der Waals surface area contributed by atoms with Gasteiger partial charge in [0.25, 0.3) is 0 Å². The molecule has 3 unspecified atom stereocenters. The molecule has 0 bridgehead atoms. The van der Waals surface area contributed by atoms with Gasteiger partial charge in [0, 0.05) is 11.7 Å². The van der Waals surface area contributed by atoms with Crippen molar-refractivity contribution in [2.24, 2.45) is 34.5 Å². The summed E-state index contributed by atoms with van der Waals surface area (Å²) in [5.74, 6) is 3.37. The van der Waals surface area contributed by atoms with Crippen molar-refractivity contribution in [1.29, 1.82) is 0 Å². The molecule has 1 N–H and O–H groups in total. The summed E-state index contributed by atoms with van der Waals surface area (Å²) < 4.78 is 0. The molecule has 1 aliphatic carbocycles. The van der Waals surface area contributed by atoms with E-state index in [-0.39, 0.29) is 0 Å². The summed E-state index contributed by atoms with van der Waals surface area (Å²) in [7, 11) is 0. The molecule has 3 atom stereocenters. The van der Waals surface area contributed by atoms with Crippen molar-refractivity contribution in [3.8, 4) is 0 Å². The summed E-state index contributed by atoms with van der Waals surface area (Å²) in [5.41, 5.74) is 3.51. The molecule has 0 radical (unpaired) electrons. The van der Waals surface area contributed by atoms with Crippen molar-refractivity contribution in [3.05, 3.63) is 24.4 Å². The summed E-state index contributed by atoms with van der Waals surface area (Å²) in [5, 5.41) is 3.11. The summed E-state index contributed by atoms with van der Waals surface area (Å²) in [6.07, 6.45) is 3.98. The predicted molar refractivity (Wildman–Crippen MR) is 166 cm³/mol. The lowest BCUT2D eigenvalue weighted by Crippen LogP contribution is -2.19. The second-order valence-electron chi connectivity index (χ2n) is 12.1. The van der Waals surface area contributed by atoms with Gasteiger partial charge in [-0.15, -0.1) is 0 Å². The normalized spacial score (nSPS) is 17.9. The van der Waals surface area contributed by atoms with Gasteiger partial charge < -0.3 is 5.32 Å². The van der Waals surface area contributed by atoms with E-state index in [1.807, 2.05) is 34.6 Å². The average Bonchev–Trinajstić information content (AvgIpc) is 3.23. The summed E-state index contributed by atoms with van der Waals surface area (Å²) in [6, 6.07) is 0.525. The van der Waals surface area contributed by atoms with Crippen molar-refractivity contribution in [2.45, 2.75) is 157 Å². The molecule has 0 aliphatic heterocycles. The molecule has 1 nitrogen and oxygen atoms in total. The van der Waals surface area contributed by atoms with Crippen LogP contribution in [0.3, 0.4) is 0 Å². The SMILES string of the molecule is C=C(C)C(C)C1C(CC)C1(C)C.C=C(C)NC(C)C.CC.CC.CC(C)C.CCCC(C)(C)C. The van der Waals surface area contributed by atoms with Crippen LogP contribution in [0.4, 0.5) is 0 Å². The zero-order chi connectivity index (χ0) is 28.9. The van der Waals surface area contributed by atoms with Gasteiger partial charge in [0.05, 0.1) is 0 Å². The first kappa shape index (κ1) is 43.4. The Morgan fingerprint density at radius 1 is 0.853 bits per heavy atom. The Bertz CT molecular complexity index is 445. The predicted octanol–water partition coefficient (Wildman–Crippen LogP) is 11.9. The highest BCUT2D eigenvalue weighted by Crippen LogP contribution is 2.64. The van der Waals surface area contributed by atoms with Crippen LogP contribution in [-0.2, 0) is 0 Å². The van der Waals surface area contributed by atoms with E-state index in [1.54, 1.807) is 0 Å². The first-order valence-electron chi connectivity index (χ1n) is 14.4. The Balaban J connectivity index is -0.000000111. The highest BCUT2D eigenvalue weighted by atomic mass is 14.9. The fourth-order valence-corrected chi connectivity index (χ4v) is 4.11. The molecule has 1 fully saturated rings. The van der Waals surface area contributed by atoms with Crippen molar-refractivity contribution in [3.63, 3.8) is 0 Å². The topological polar surface area (TPSA) is 12.0 Å². The van der Waals surface area contributed by atoms with Gasteiger partial charge in [0.1, 0.15) is 0 Å². The second-order valence-corrected chi connectivity index (χ2v) is 12.1. The Labute approximate surface area is 221 Å². The minimum atomic E-state index is 0.525. The zero-order valence-electron chi connectivity index (χ0n) is 27.9. The molecule has 0 aromatic rings. The molecule has 0 spiro atoms. The molecule has 0 saturated heterocycles. The smallest absolute Gasteiger partial charge is 0.0201 e. The van der Waals surface area contributed by atoms with Gasteiger partial charge in [-0.3, -0.25) is 0 Å². The lowest BCUT2D eigenvalue weighted by molar-refractivity contribution is 0.373. The molecule has 34 heavy (non-hydrogen) atoms. The number of allylic oxidation sites excluding steroid dienone is 2. The quantitative estimate of drug-likeness (QED) is 0.370. The average molecular weight is 484 g/mol. The van der Waals surface area contributed by atoms with Crippen LogP contribution in [0.15, 0.2) is 24.4 Å². The first-order chi connectivity index (χ1) is 15.3. The van der Waals surface area contributed by atoms with Crippen molar-refractivity contribution < 1.29 is 0 Å². The molecule has 0 heterocycles. The molecule has 0 aromatic carbocycles. The maximum atomic E-state index is 4.05. The fraction of sp³-hybridized carbons (Fsp3) is 0.879. The van der Waals surface area contributed by atoms with Crippen LogP contribution in [0.5, 0.6) is 0 Å². The number of hydrogen-bond donors (Lipinski definition) is 1. The molecule has 210 valence electrons. The molecule has 1 rings (SSSR count). The van der Waals surface area contributed by atoms with E-state index in [0.29, 0.717) is 22.8 Å². The van der Waals surface area contributed by atoms with E-state index in [0.717, 1.165) is 23.5 Å². The lowest BCUT2D eigenvalue weighted by Gasteiger charge is -2.15. The van der Waals surface area contributed by atoms with Gasteiger partial charge in [-0.25, -0.2) is 0 Å².